The zero-order chi connectivity index (χ0) is 24.2. The Morgan fingerprint density at radius 3 is 2.53 bits per heavy atom. The zero-order valence-electron chi connectivity index (χ0n) is 18.3. The highest BCUT2D eigenvalue weighted by Crippen LogP contribution is 2.38. The molecule has 34 heavy (non-hydrogen) atoms. The SMILES string of the molecule is C[C@@H]1Cc2cc(F)c(S(N)(=O)=O)cc2N1C(=O)C1CN(c2ccc(-c3cnccc3Cl)cc2)C1. The predicted octanol–water partition coefficient (Wildman–Crippen LogP) is 3.60. The summed E-state index contributed by atoms with van der Waals surface area (Å²) in [6.45, 7) is 2.94. The van der Waals surface area contributed by atoms with Crippen molar-refractivity contribution >= 4 is 38.9 Å². The lowest BCUT2D eigenvalue weighted by Crippen LogP contribution is -2.55. The molecular formula is C24H22ClFN4O3S. The van der Waals surface area contributed by atoms with Crippen molar-refractivity contribution in [2.24, 2.45) is 11.1 Å². The van der Waals surface area contributed by atoms with Gasteiger partial charge in [0.1, 0.15) is 10.7 Å². The normalized spacial score (nSPS) is 18.1. The number of halogens is 2. The summed E-state index contributed by atoms with van der Waals surface area (Å²) in [5, 5.41) is 5.78. The van der Waals surface area contributed by atoms with Gasteiger partial charge in [-0.05, 0) is 54.8 Å². The van der Waals surface area contributed by atoms with Gasteiger partial charge in [0.25, 0.3) is 0 Å². The number of hydrogen-bond acceptors (Lipinski definition) is 5. The fourth-order valence-electron chi connectivity index (χ4n) is 4.66. The molecule has 0 bridgehead atoms. The number of hydrogen-bond donors (Lipinski definition) is 1. The number of nitrogens with two attached hydrogens (primary N) is 1. The highest BCUT2D eigenvalue weighted by molar-refractivity contribution is 7.89. The third-order valence-electron chi connectivity index (χ3n) is 6.43. The molecule has 2 aliphatic heterocycles. The van der Waals surface area contributed by atoms with Crippen LogP contribution in [-0.4, -0.2) is 38.4 Å². The predicted molar refractivity (Wildman–Crippen MR) is 129 cm³/mol. The van der Waals surface area contributed by atoms with Crippen molar-refractivity contribution in [1.29, 1.82) is 0 Å². The smallest absolute Gasteiger partial charge is 0.241 e. The molecule has 1 saturated heterocycles. The van der Waals surface area contributed by atoms with Crippen LogP contribution in [0.15, 0.2) is 59.8 Å². The van der Waals surface area contributed by atoms with Crippen LogP contribution in [0.1, 0.15) is 12.5 Å². The molecule has 1 amide bonds. The molecule has 1 atom stereocenters. The number of aromatic nitrogens is 1. The summed E-state index contributed by atoms with van der Waals surface area (Å²) in [4.78, 5) is 20.5. The highest BCUT2D eigenvalue weighted by Gasteiger charge is 2.41. The molecule has 1 fully saturated rings. The van der Waals surface area contributed by atoms with E-state index < -0.39 is 20.7 Å². The molecule has 2 N–H and O–H groups in total. The van der Waals surface area contributed by atoms with Crippen LogP contribution in [0.25, 0.3) is 11.1 Å². The number of rotatable bonds is 4. The lowest BCUT2D eigenvalue weighted by Gasteiger charge is -2.42. The highest BCUT2D eigenvalue weighted by atomic mass is 35.5. The Balaban J connectivity index is 1.31. The molecule has 0 aliphatic carbocycles. The lowest BCUT2D eigenvalue weighted by molar-refractivity contribution is -0.123. The summed E-state index contributed by atoms with van der Waals surface area (Å²) in [6, 6.07) is 11.8. The number of benzene rings is 2. The fourth-order valence-corrected chi connectivity index (χ4v) is 5.48. The number of sulfonamides is 1. The maximum absolute atomic E-state index is 14.2. The second-order valence-electron chi connectivity index (χ2n) is 8.72. The summed E-state index contributed by atoms with van der Waals surface area (Å²) >= 11 is 6.25. The van der Waals surface area contributed by atoms with Crippen molar-refractivity contribution in [3.05, 3.63) is 71.3 Å². The topological polar surface area (TPSA) is 96.6 Å². The van der Waals surface area contributed by atoms with Crippen LogP contribution in [0.4, 0.5) is 15.8 Å². The number of nitrogens with zero attached hydrogens (tertiary/aromatic N) is 3. The standard InChI is InChI=1S/C24H22ClFN4O3S/c1-14-8-16-9-21(26)23(34(27,32)33)10-22(16)30(14)24(31)17-12-29(13-17)18-4-2-15(3-5-18)19-11-28-7-6-20(19)25/h2-7,9-11,14,17H,8,12-13H2,1H3,(H2,27,32,33)/t14-/m1/s1. The Kier molecular flexibility index (Phi) is 5.58. The van der Waals surface area contributed by atoms with Crippen molar-refractivity contribution in [1.82, 2.24) is 4.98 Å². The second-order valence-corrected chi connectivity index (χ2v) is 10.7. The first-order valence-electron chi connectivity index (χ1n) is 10.8. The fraction of sp³-hybridized carbons (Fsp3) is 0.250. The maximum atomic E-state index is 14.2. The third-order valence-corrected chi connectivity index (χ3v) is 7.69. The molecule has 5 rings (SSSR count). The van der Waals surface area contributed by atoms with E-state index >= 15 is 0 Å². The monoisotopic (exact) mass is 500 g/mol. The average molecular weight is 501 g/mol. The Morgan fingerprint density at radius 1 is 1.18 bits per heavy atom. The van der Waals surface area contributed by atoms with Crippen molar-refractivity contribution in [2.45, 2.75) is 24.3 Å². The molecule has 2 aromatic carbocycles. The van der Waals surface area contributed by atoms with Gasteiger partial charge in [-0.15, -0.1) is 0 Å². The quantitative estimate of drug-likeness (QED) is 0.590. The largest absolute Gasteiger partial charge is 0.370 e. The van der Waals surface area contributed by atoms with Gasteiger partial charge in [-0.2, -0.15) is 0 Å². The molecule has 0 unspecified atom stereocenters. The van der Waals surface area contributed by atoms with E-state index in [-0.39, 0.29) is 17.9 Å². The van der Waals surface area contributed by atoms with Crippen molar-refractivity contribution in [2.75, 3.05) is 22.9 Å². The van der Waals surface area contributed by atoms with Gasteiger partial charge in [0.05, 0.1) is 10.9 Å². The minimum absolute atomic E-state index is 0.103. The number of pyridine rings is 1. The maximum Gasteiger partial charge on any atom is 0.241 e. The molecule has 2 aliphatic rings. The van der Waals surface area contributed by atoms with Crippen LogP contribution in [-0.2, 0) is 21.2 Å². The average Bonchev–Trinajstić information content (AvgIpc) is 3.06. The number of fused-ring (bicyclic) bond motifs is 1. The third kappa shape index (κ3) is 3.93. The van der Waals surface area contributed by atoms with E-state index in [0.717, 1.165) is 16.8 Å². The van der Waals surface area contributed by atoms with Crippen LogP contribution in [0.5, 0.6) is 0 Å². The molecule has 0 saturated carbocycles. The molecule has 0 radical (unpaired) electrons. The van der Waals surface area contributed by atoms with Gasteiger partial charge in [-0.3, -0.25) is 9.78 Å². The second kappa shape index (κ2) is 8.33. The summed E-state index contributed by atoms with van der Waals surface area (Å²) in [7, 11) is -4.24. The molecule has 7 nitrogen and oxygen atoms in total. The van der Waals surface area contributed by atoms with E-state index in [9.17, 15) is 17.6 Å². The number of carbonyl (C=O) groups is 1. The van der Waals surface area contributed by atoms with Crippen LogP contribution in [0.2, 0.25) is 5.02 Å². The van der Waals surface area contributed by atoms with Crippen molar-refractivity contribution < 1.29 is 17.6 Å². The summed E-state index contributed by atoms with van der Waals surface area (Å²) in [5.74, 6) is -1.24. The van der Waals surface area contributed by atoms with Gasteiger partial charge in [-0.25, -0.2) is 17.9 Å². The van der Waals surface area contributed by atoms with Gasteiger partial charge in [-0.1, -0.05) is 23.7 Å². The lowest BCUT2D eigenvalue weighted by atomic mass is 9.96. The van der Waals surface area contributed by atoms with Crippen LogP contribution in [0, 0.1) is 11.7 Å². The first-order valence-corrected chi connectivity index (χ1v) is 12.7. The van der Waals surface area contributed by atoms with E-state index in [1.54, 1.807) is 23.4 Å². The number of carbonyl (C=O) groups excluding carboxylic acids is 1. The van der Waals surface area contributed by atoms with Gasteiger partial charge in [0.2, 0.25) is 15.9 Å². The Morgan fingerprint density at radius 2 is 1.88 bits per heavy atom. The van der Waals surface area contributed by atoms with E-state index in [2.05, 4.69) is 9.88 Å². The van der Waals surface area contributed by atoms with E-state index in [1.165, 1.54) is 12.1 Å². The molecule has 176 valence electrons. The minimum atomic E-state index is -4.24. The van der Waals surface area contributed by atoms with Gasteiger partial charge < -0.3 is 9.80 Å². The summed E-state index contributed by atoms with van der Waals surface area (Å²) in [6.07, 6.45) is 3.82. The zero-order valence-corrected chi connectivity index (χ0v) is 19.9. The van der Waals surface area contributed by atoms with E-state index in [1.807, 2.05) is 31.2 Å². The minimum Gasteiger partial charge on any atom is -0.370 e. The van der Waals surface area contributed by atoms with Crippen LogP contribution < -0.4 is 14.9 Å². The Labute approximate surface area is 202 Å². The number of primary sulfonamides is 1. The molecule has 10 heteroatoms. The summed E-state index contributed by atoms with van der Waals surface area (Å²) < 4.78 is 37.8. The van der Waals surface area contributed by atoms with Gasteiger partial charge in [0, 0.05) is 48.5 Å². The number of anilines is 2. The van der Waals surface area contributed by atoms with Gasteiger partial charge in [0.15, 0.2) is 0 Å². The van der Waals surface area contributed by atoms with Crippen LogP contribution >= 0.6 is 11.6 Å². The van der Waals surface area contributed by atoms with Crippen LogP contribution in [0.3, 0.4) is 0 Å². The van der Waals surface area contributed by atoms with Crippen molar-refractivity contribution in [3.63, 3.8) is 0 Å². The first kappa shape index (κ1) is 22.8. The Bertz CT molecular complexity index is 1390. The molecular weight excluding hydrogens is 479 g/mol. The van der Waals surface area contributed by atoms with Gasteiger partial charge >= 0.3 is 0 Å². The number of amides is 1. The molecule has 0 spiro atoms. The Hall–Kier alpha value is -3.01. The van der Waals surface area contributed by atoms with Crippen molar-refractivity contribution in [3.8, 4) is 11.1 Å². The summed E-state index contributed by atoms with van der Waals surface area (Å²) in [5.41, 5.74) is 3.81. The van der Waals surface area contributed by atoms with E-state index in [4.69, 9.17) is 16.7 Å². The first-order chi connectivity index (χ1) is 16.1. The molecule has 1 aromatic heterocycles. The van der Waals surface area contributed by atoms with E-state index in [0.29, 0.717) is 35.8 Å². The molecule has 3 aromatic rings. The molecule has 3 heterocycles.